The minimum Gasteiger partial charge on any atom is -0.333 e. The fraction of sp³-hybridized carbons (Fsp3) is 0.692. The van der Waals surface area contributed by atoms with E-state index in [4.69, 9.17) is 5.26 Å². The number of hydrogen-bond acceptors (Lipinski definition) is 3. The van der Waals surface area contributed by atoms with Gasteiger partial charge in [-0.25, -0.2) is 4.39 Å². The van der Waals surface area contributed by atoms with Crippen LogP contribution in [0.2, 0.25) is 0 Å². The van der Waals surface area contributed by atoms with E-state index < -0.39 is 11.7 Å². The number of hydrogen-bond donors (Lipinski definition) is 0. The molecule has 1 saturated heterocycles. The van der Waals surface area contributed by atoms with Gasteiger partial charge < -0.3 is 4.90 Å². The Balaban J connectivity index is 2.04. The van der Waals surface area contributed by atoms with Crippen LogP contribution in [0, 0.1) is 11.3 Å². The summed E-state index contributed by atoms with van der Waals surface area (Å²) in [5.41, 5.74) is 0.387. The number of nitriles is 1. The lowest BCUT2D eigenvalue weighted by atomic mass is 10.1. The third-order valence-corrected chi connectivity index (χ3v) is 3.50. The van der Waals surface area contributed by atoms with Crippen LogP contribution in [-0.4, -0.2) is 47.4 Å². The zero-order valence-corrected chi connectivity index (χ0v) is 10.8. The lowest BCUT2D eigenvalue weighted by molar-refractivity contribution is -0.131. The van der Waals surface area contributed by atoms with E-state index in [9.17, 15) is 9.18 Å². The van der Waals surface area contributed by atoms with Gasteiger partial charge in [0.05, 0.1) is 12.6 Å². The van der Waals surface area contributed by atoms with Gasteiger partial charge in [-0.1, -0.05) is 0 Å². The maximum absolute atomic E-state index is 13.6. The van der Waals surface area contributed by atoms with Crippen LogP contribution in [0.3, 0.4) is 0 Å². The first kappa shape index (κ1) is 13.0. The number of piperazine rings is 1. The molecule has 0 aromatic rings. The van der Waals surface area contributed by atoms with Gasteiger partial charge in [-0.2, -0.15) is 5.26 Å². The monoisotopic (exact) mass is 251 g/mol. The van der Waals surface area contributed by atoms with Crippen LogP contribution >= 0.6 is 0 Å². The molecule has 1 unspecified atom stereocenters. The Morgan fingerprint density at radius 1 is 1.33 bits per heavy atom. The van der Waals surface area contributed by atoms with Crippen molar-refractivity contribution in [3.8, 4) is 6.07 Å². The van der Waals surface area contributed by atoms with Gasteiger partial charge in [-0.05, 0) is 32.3 Å². The van der Waals surface area contributed by atoms with Crippen LogP contribution in [0.4, 0.5) is 4.39 Å². The van der Waals surface area contributed by atoms with Crippen molar-refractivity contribution < 1.29 is 9.18 Å². The molecule has 0 radical (unpaired) electrons. The van der Waals surface area contributed by atoms with Crippen molar-refractivity contribution in [3.05, 3.63) is 11.4 Å². The lowest BCUT2D eigenvalue weighted by Gasteiger charge is -2.38. The highest BCUT2D eigenvalue weighted by Gasteiger charge is 2.39. The molecule has 2 aliphatic rings. The van der Waals surface area contributed by atoms with Crippen molar-refractivity contribution >= 4 is 5.91 Å². The van der Waals surface area contributed by atoms with E-state index in [1.54, 1.807) is 13.8 Å². The zero-order valence-electron chi connectivity index (χ0n) is 10.8. The largest absolute Gasteiger partial charge is 0.333 e. The van der Waals surface area contributed by atoms with Crippen LogP contribution in [0.5, 0.6) is 0 Å². The van der Waals surface area contributed by atoms with Gasteiger partial charge in [-0.3, -0.25) is 9.69 Å². The molecule has 1 saturated carbocycles. The Morgan fingerprint density at radius 3 is 2.50 bits per heavy atom. The lowest BCUT2D eigenvalue weighted by Crippen LogP contribution is -2.55. The summed E-state index contributed by atoms with van der Waals surface area (Å²) in [5.74, 6) is -1.27. The summed E-state index contributed by atoms with van der Waals surface area (Å²) in [6, 6.07) is 2.43. The van der Waals surface area contributed by atoms with Gasteiger partial charge in [0, 0.05) is 19.1 Å². The Morgan fingerprint density at radius 2 is 2.00 bits per heavy atom. The van der Waals surface area contributed by atoms with Gasteiger partial charge in [-0.15, -0.1) is 0 Å². The molecule has 0 aromatic carbocycles. The molecule has 4 nitrogen and oxygen atoms in total. The summed E-state index contributed by atoms with van der Waals surface area (Å²) in [4.78, 5) is 15.5. The van der Waals surface area contributed by atoms with Crippen LogP contribution < -0.4 is 0 Å². The van der Waals surface area contributed by atoms with Crippen molar-refractivity contribution in [2.24, 2.45) is 0 Å². The van der Waals surface area contributed by atoms with E-state index in [0.29, 0.717) is 31.2 Å². The minimum atomic E-state index is -0.688. The molecule has 2 fully saturated rings. The first-order valence-electron chi connectivity index (χ1n) is 6.32. The van der Waals surface area contributed by atoms with E-state index in [2.05, 4.69) is 11.0 Å². The number of rotatable bonds is 2. The third-order valence-electron chi connectivity index (χ3n) is 3.50. The summed E-state index contributed by atoms with van der Waals surface area (Å²) in [6.45, 7) is 4.65. The quantitative estimate of drug-likeness (QED) is 0.698. The van der Waals surface area contributed by atoms with Crippen molar-refractivity contribution in [3.63, 3.8) is 0 Å². The molecule has 5 heteroatoms. The highest BCUT2D eigenvalue weighted by Crippen LogP contribution is 2.30. The Hall–Kier alpha value is -1.41. The van der Waals surface area contributed by atoms with Gasteiger partial charge in [0.25, 0.3) is 5.91 Å². The van der Waals surface area contributed by atoms with Gasteiger partial charge in [0.1, 0.15) is 6.04 Å². The fourth-order valence-electron chi connectivity index (χ4n) is 2.29. The number of carbonyl (C=O) groups excluding carboxylic acids is 1. The van der Waals surface area contributed by atoms with Crippen molar-refractivity contribution in [1.82, 2.24) is 9.80 Å². The maximum atomic E-state index is 13.6. The molecule has 18 heavy (non-hydrogen) atoms. The summed E-state index contributed by atoms with van der Waals surface area (Å²) in [6.07, 6.45) is 2.27. The van der Waals surface area contributed by atoms with Crippen LogP contribution in [0.25, 0.3) is 0 Å². The first-order chi connectivity index (χ1) is 8.54. The summed E-state index contributed by atoms with van der Waals surface area (Å²) >= 11 is 0. The van der Waals surface area contributed by atoms with Crippen LogP contribution in [-0.2, 0) is 4.79 Å². The minimum absolute atomic E-state index is 0.292. The second-order valence-corrected chi connectivity index (χ2v) is 5.18. The van der Waals surface area contributed by atoms with Gasteiger partial charge >= 0.3 is 0 Å². The van der Waals surface area contributed by atoms with E-state index in [1.807, 2.05) is 0 Å². The van der Waals surface area contributed by atoms with E-state index >= 15 is 0 Å². The maximum Gasteiger partial charge on any atom is 0.282 e. The van der Waals surface area contributed by atoms with Gasteiger partial charge in [0.15, 0.2) is 5.83 Å². The average Bonchev–Trinajstić information content (AvgIpc) is 3.20. The van der Waals surface area contributed by atoms with Crippen LogP contribution in [0.15, 0.2) is 11.4 Å². The topological polar surface area (TPSA) is 47.3 Å². The summed E-state index contributed by atoms with van der Waals surface area (Å²) < 4.78 is 13.6. The number of nitrogens with zero attached hydrogens (tertiary/aromatic N) is 3. The molecular weight excluding hydrogens is 233 g/mol. The number of carbonyl (C=O) groups is 1. The summed E-state index contributed by atoms with van der Waals surface area (Å²) in [7, 11) is 0. The van der Waals surface area contributed by atoms with Gasteiger partial charge in [0.2, 0.25) is 0 Å². The molecule has 0 aromatic heterocycles. The Kier molecular flexibility index (Phi) is 3.67. The molecule has 2 rings (SSSR count). The standard InChI is InChI=1S/C13H18FN3O/c1-9(2)12(14)13(18)16-5-6-17(10-3-4-10)11(7-15)8-16/h10-11H,3-6,8H2,1-2H3. The van der Waals surface area contributed by atoms with Crippen molar-refractivity contribution in [2.45, 2.75) is 38.8 Å². The molecule has 1 aliphatic carbocycles. The molecule has 0 bridgehead atoms. The third kappa shape index (κ3) is 2.54. The molecule has 1 aliphatic heterocycles. The van der Waals surface area contributed by atoms with E-state index in [-0.39, 0.29) is 6.04 Å². The first-order valence-corrected chi connectivity index (χ1v) is 6.32. The SMILES string of the molecule is CC(C)=C(F)C(=O)N1CCN(C2CC2)C(C#N)C1. The average molecular weight is 251 g/mol. The number of amides is 1. The fourth-order valence-corrected chi connectivity index (χ4v) is 2.29. The molecule has 1 heterocycles. The second kappa shape index (κ2) is 5.07. The number of allylic oxidation sites excluding steroid dienone is 1. The second-order valence-electron chi connectivity index (χ2n) is 5.18. The highest BCUT2D eigenvalue weighted by molar-refractivity contribution is 5.92. The molecule has 1 atom stereocenters. The summed E-state index contributed by atoms with van der Waals surface area (Å²) in [5, 5.41) is 9.15. The Labute approximate surface area is 107 Å². The highest BCUT2D eigenvalue weighted by atomic mass is 19.1. The predicted molar refractivity (Wildman–Crippen MR) is 65.2 cm³/mol. The van der Waals surface area contributed by atoms with E-state index in [1.165, 1.54) is 4.90 Å². The molecular formula is C13H18FN3O. The molecule has 0 N–H and O–H groups in total. The normalized spacial score (nSPS) is 24.6. The van der Waals surface area contributed by atoms with Crippen molar-refractivity contribution in [1.29, 1.82) is 5.26 Å². The number of halogens is 1. The zero-order chi connectivity index (χ0) is 13.3. The Bertz CT molecular complexity index is 418. The van der Waals surface area contributed by atoms with Crippen molar-refractivity contribution in [2.75, 3.05) is 19.6 Å². The predicted octanol–water partition coefficient (Wildman–Crippen LogP) is 1.45. The van der Waals surface area contributed by atoms with E-state index in [0.717, 1.165) is 12.8 Å². The molecule has 98 valence electrons. The molecule has 1 amide bonds. The smallest absolute Gasteiger partial charge is 0.282 e. The van der Waals surface area contributed by atoms with Crippen LogP contribution in [0.1, 0.15) is 26.7 Å². The molecule has 0 spiro atoms.